The molecule has 2 aromatic carbocycles. The van der Waals surface area contributed by atoms with Crippen molar-refractivity contribution in [2.75, 3.05) is 52.8 Å². The summed E-state index contributed by atoms with van der Waals surface area (Å²) in [6, 6.07) is 5.11. The third kappa shape index (κ3) is 23.4. The summed E-state index contributed by atoms with van der Waals surface area (Å²) in [5.74, 6) is -8.79. The van der Waals surface area contributed by atoms with E-state index in [2.05, 4.69) is 37.2 Å². The Morgan fingerprint density at radius 2 is 1.42 bits per heavy atom. The fraction of sp³-hybridized carbons (Fsp3) is 0.597. The van der Waals surface area contributed by atoms with Gasteiger partial charge >= 0.3 is 18.0 Å². The number of nitrogens with one attached hydrogen (secondary N) is 7. The number of benzene rings is 2. The molecule has 2 heterocycles. The van der Waals surface area contributed by atoms with Gasteiger partial charge in [-0.1, -0.05) is 72.7 Å². The van der Waals surface area contributed by atoms with Crippen molar-refractivity contribution < 1.29 is 102 Å². The predicted octanol–water partition coefficient (Wildman–Crippen LogP) is 0.983. The monoisotopic (exact) mass is 1380 g/mol. The van der Waals surface area contributed by atoms with Gasteiger partial charge in [0.05, 0.1) is 29.9 Å². The van der Waals surface area contributed by atoms with Gasteiger partial charge in [0.1, 0.15) is 48.8 Å². The van der Waals surface area contributed by atoms with Crippen molar-refractivity contribution in [2.24, 2.45) is 17.1 Å². The number of imide groups is 1. The van der Waals surface area contributed by atoms with Crippen LogP contribution in [0, 0.1) is 11.3 Å². The number of hydrogen-bond donors (Lipinski definition) is 13. The Labute approximate surface area is 570 Å². The number of carboxylic acid groups (broad SMARTS) is 2. The highest BCUT2D eigenvalue weighted by Gasteiger charge is 2.49. The second-order valence-corrected chi connectivity index (χ2v) is 27.3. The lowest BCUT2D eigenvalue weighted by atomic mass is 9.76. The Hall–Kier alpha value is -8.43. The molecule has 98 heavy (non-hydrogen) atoms. The summed E-state index contributed by atoms with van der Waals surface area (Å²) in [5.41, 5.74) is 4.16. The number of aliphatic hydroxyl groups excluding tert-OH is 3. The number of anilines is 1. The summed E-state index contributed by atoms with van der Waals surface area (Å²) < 4.78 is 28.3. The van der Waals surface area contributed by atoms with Gasteiger partial charge in [-0.2, -0.15) is 0 Å². The number of ether oxygens (including phenoxy) is 5. The fourth-order valence-electron chi connectivity index (χ4n) is 10.5. The highest BCUT2D eigenvalue weighted by Crippen LogP contribution is 2.33. The summed E-state index contributed by atoms with van der Waals surface area (Å²) in [6.07, 6.45) is -7.15. The molecule has 4 rings (SSSR count). The lowest BCUT2D eigenvalue weighted by molar-refractivity contribution is -0.271. The maximum absolute atomic E-state index is 14.3. The number of methoxy groups -OCH3 is 1. The molecular formula is C67H100N10O21. The zero-order valence-corrected chi connectivity index (χ0v) is 58.4. The van der Waals surface area contributed by atoms with Crippen LogP contribution in [-0.4, -0.2) is 220 Å². The van der Waals surface area contributed by atoms with E-state index in [9.17, 15) is 78.3 Å². The zero-order chi connectivity index (χ0) is 73.9. The molecule has 10 atom stereocenters. The number of nitrogens with zero attached hydrogens (tertiary/aromatic N) is 2. The fourth-order valence-corrected chi connectivity index (χ4v) is 10.5. The Balaban J connectivity index is 1.51. The first-order valence-electron chi connectivity index (χ1n) is 32.1. The van der Waals surface area contributed by atoms with Crippen LogP contribution >= 0.6 is 0 Å². The number of likely N-dealkylation sites (N-methyl/N-ethyl adjacent to an activating group) is 2. The van der Waals surface area contributed by atoms with Gasteiger partial charge in [-0.3, -0.25) is 48.6 Å². The first-order chi connectivity index (χ1) is 45.6. The highest BCUT2D eigenvalue weighted by atomic mass is 16.7. The van der Waals surface area contributed by atoms with Gasteiger partial charge in [0, 0.05) is 87.6 Å². The van der Waals surface area contributed by atoms with Crippen molar-refractivity contribution in [3.05, 3.63) is 83.0 Å². The van der Waals surface area contributed by atoms with Gasteiger partial charge in [0.2, 0.25) is 41.7 Å². The van der Waals surface area contributed by atoms with E-state index in [1.165, 1.54) is 36.1 Å². The molecule has 2 aromatic rings. The second kappa shape index (κ2) is 35.9. The molecule has 14 N–H and O–H groups in total. The second-order valence-electron chi connectivity index (χ2n) is 27.3. The molecule has 0 aliphatic carbocycles. The zero-order valence-electron chi connectivity index (χ0n) is 58.4. The molecule has 2 aliphatic heterocycles. The van der Waals surface area contributed by atoms with Crippen LogP contribution in [0.25, 0.3) is 0 Å². The van der Waals surface area contributed by atoms with Crippen LogP contribution in [0.3, 0.4) is 0 Å². The maximum atomic E-state index is 14.3. The molecule has 2 aliphatic rings. The van der Waals surface area contributed by atoms with Crippen molar-refractivity contribution in [2.45, 2.75) is 199 Å². The number of amides is 9. The van der Waals surface area contributed by atoms with Gasteiger partial charge in [-0.15, -0.1) is 0 Å². The molecule has 0 saturated carbocycles. The predicted molar refractivity (Wildman–Crippen MR) is 355 cm³/mol. The number of carbonyl (C=O) groups is 11. The average Bonchev–Trinajstić information content (AvgIpc) is 0.960. The van der Waals surface area contributed by atoms with Gasteiger partial charge in [-0.25, -0.2) is 14.4 Å². The number of carboxylic acids is 2. The third-order valence-electron chi connectivity index (χ3n) is 17.0. The summed E-state index contributed by atoms with van der Waals surface area (Å²) >= 11 is 0. The molecule has 0 aromatic heterocycles. The van der Waals surface area contributed by atoms with E-state index in [1.54, 1.807) is 93.9 Å². The molecule has 1 saturated heterocycles. The Bertz CT molecular complexity index is 3240. The van der Waals surface area contributed by atoms with Gasteiger partial charge in [-0.05, 0) is 101 Å². The lowest BCUT2D eigenvalue weighted by Gasteiger charge is -2.40. The van der Waals surface area contributed by atoms with Crippen LogP contribution in [0.1, 0.15) is 125 Å². The van der Waals surface area contributed by atoms with E-state index in [1.807, 2.05) is 27.7 Å². The molecule has 0 bridgehead atoms. The molecule has 544 valence electrons. The van der Waals surface area contributed by atoms with Gasteiger partial charge < -0.3 is 91.8 Å². The van der Waals surface area contributed by atoms with E-state index in [4.69, 9.17) is 29.4 Å². The maximum Gasteiger partial charge on any atom is 0.411 e. The van der Waals surface area contributed by atoms with Crippen molar-refractivity contribution in [1.29, 1.82) is 0 Å². The molecule has 9 amide bonds. The SMILES string of the molecule is CNC(C(=O)NC(C(=O)N(C)C(/C=C(\C)C(=O)O)C(C)C)C(C)(C)C)C(C)(C)c1cccc(NC(=O)OCc2ccc(OC3OC(C(=O)O)C(O)C(O)C3O)c(CNC(=O)CCNC(=O)C(CNC(=O)CCC(C)(C)OCCC(C)(C)OC)NC(=O)C(CN)N3C(=O)C=CC3=O)c2)c1. The molecular weight excluding hydrogens is 1280 g/mol. The molecule has 31 nitrogen and oxygen atoms in total. The summed E-state index contributed by atoms with van der Waals surface area (Å²) in [7, 11) is 4.74. The lowest BCUT2D eigenvalue weighted by Crippen LogP contribution is -2.61. The van der Waals surface area contributed by atoms with E-state index in [0.29, 0.717) is 29.1 Å². The topological polar surface area (TPSA) is 452 Å². The summed E-state index contributed by atoms with van der Waals surface area (Å²) in [5, 5.41) is 69.9. The molecule has 10 unspecified atom stereocenters. The number of aliphatic hydroxyl groups is 3. The first-order valence-corrected chi connectivity index (χ1v) is 32.1. The van der Waals surface area contributed by atoms with E-state index >= 15 is 0 Å². The largest absolute Gasteiger partial charge is 0.479 e. The number of aliphatic carboxylic acids is 2. The van der Waals surface area contributed by atoms with Crippen LogP contribution in [0.15, 0.2) is 66.3 Å². The van der Waals surface area contributed by atoms with E-state index in [0.717, 1.165) is 12.2 Å². The molecule has 31 heteroatoms. The minimum Gasteiger partial charge on any atom is -0.479 e. The number of rotatable bonds is 36. The van der Waals surface area contributed by atoms with Gasteiger partial charge in [0.25, 0.3) is 11.8 Å². The van der Waals surface area contributed by atoms with Crippen molar-refractivity contribution in [3.63, 3.8) is 0 Å². The Kier molecular flexibility index (Phi) is 30.0. The van der Waals surface area contributed by atoms with E-state index < -0.39 is 174 Å². The van der Waals surface area contributed by atoms with Crippen LogP contribution in [0.4, 0.5) is 10.5 Å². The highest BCUT2D eigenvalue weighted by molar-refractivity contribution is 6.15. The number of carbonyl (C=O) groups excluding carboxylic acids is 9. The average molecular weight is 1380 g/mol. The van der Waals surface area contributed by atoms with Crippen LogP contribution in [0.2, 0.25) is 0 Å². The number of hydrogen-bond acceptors (Lipinski definition) is 21. The van der Waals surface area contributed by atoms with Crippen LogP contribution in [-0.2, 0) is 85.5 Å². The van der Waals surface area contributed by atoms with Crippen molar-refractivity contribution in [3.8, 4) is 5.75 Å². The third-order valence-corrected chi connectivity index (χ3v) is 17.0. The smallest absolute Gasteiger partial charge is 0.411 e. The van der Waals surface area contributed by atoms with Crippen molar-refractivity contribution in [1.82, 2.24) is 41.7 Å². The summed E-state index contributed by atoms with van der Waals surface area (Å²) in [6.45, 7) is 19.7. The molecule has 1 fully saturated rings. The van der Waals surface area contributed by atoms with Gasteiger partial charge in [0.15, 0.2) is 6.10 Å². The minimum atomic E-state index is -2.05. The first kappa shape index (κ1) is 82.0. The van der Waals surface area contributed by atoms with Crippen molar-refractivity contribution >= 4 is 71.0 Å². The van der Waals surface area contributed by atoms with Crippen LogP contribution in [0.5, 0.6) is 5.75 Å². The Morgan fingerprint density at radius 3 is 2.00 bits per heavy atom. The summed E-state index contributed by atoms with van der Waals surface area (Å²) in [4.78, 5) is 147. The standard InChI is InChI=1S/C67H100N10O21/c1-36(2)43(29-37(3)60(89)90)76(14)59(88)55(64(4,5)6)75-58(87)54(69-13)67(11,12)40-17-16-18-41(31-40)73-63(93)95-35-38-19-20-45(97-62-52(84)50(82)51(83)53(98-62)61(91)92)39(30-38)33-71-47(79)24-27-70-56(85)42(74-57(86)44(32-68)77-48(80)21-22-49(77)81)34-72-46(78)23-25-66(9,10)96-28-26-65(7,8)94-15/h16-22,29-31,36,42-44,50-55,62,69,82-84H,23-28,32-35,68H2,1-15H3,(H,70,85)(H,71,79)(H,72,78)(H,73,93)(H,74,86)(H,75,87)(H,89,90)(H,91,92)/b37-29+. The number of nitrogens with two attached hydrogens (primary N) is 1. The minimum absolute atomic E-state index is 0.0546. The normalized spacial score (nSPS) is 19.1. The molecule has 0 spiro atoms. The Morgan fingerprint density at radius 1 is 0.776 bits per heavy atom. The van der Waals surface area contributed by atoms with E-state index in [-0.39, 0.29) is 54.4 Å². The molecule has 0 radical (unpaired) electrons. The van der Waals surface area contributed by atoms with Crippen LogP contribution < -0.4 is 47.7 Å². The quantitative estimate of drug-likeness (QED) is 0.0334.